The molecular formula is C20H24N2O5. The number of ether oxygens (including phenoxy) is 3. The Hall–Kier alpha value is -3.22. The monoisotopic (exact) mass is 372 g/mol. The number of hydrogen-bond donors (Lipinski definition) is 2. The lowest BCUT2D eigenvalue weighted by molar-refractivity contribution is -0.128. The van der Waals surface area contributed by atoms with Crippen LogP contribution in [0.25, 0.3) is 0 Å². The molecule has 27 heavy (non-hydrogen) atoms. The SMILES string of the molecule is COc1ccc(C(=O)NNC(=O)C(C)Oc2c(C)cccc2C)cc1OC. The predicted molar refractivity (Wildman–Crippen MR) is 101 cm³/mol. The molecule has 2 amide bonds. The van der Waals surface area contributed by atoms with Crippen molar-refractivity contribution in [2.75, 3.05) is 14.2 Å². The van der Waals surface area contributed by atoms with E-state index in [2.05, 4.69) is 10.9 Å². The summed E-state index contributed by atoms with van der Waals surface area (Å²) in [5, 5.41) is 0. The van der Waals surface area contributed by atoms with Crippen LogP contribution in [0.4, 0.5) is 0 Å². The number of para-hydroxylation sites is 1. The maximum absolute atomic E-state index is 12.2. The van der Waals surface area contributed by atoms with Crippen molar-refractivity contribution in [3.8, 4) is 17.2 Å². The summed E-state index contributed by atoms with van der Waals surface area (Å²) in [5.74, 6) is 0.637. The molecule has 2 aromatic carbocycles. The van der Waals surface area contributed by atoms with Crippen LogP contribution in [0.3, 0.4) is 0 Å². The number of carbonyl (C=O) groups is 2. The van der Waals surface area contributed by atoms with Gasteiger partial charge in [0.25, 0.3) is 11.8 Å². The second-order valence-electron chi connectivity index (χ2n) is 5.99. The molecule has 0 bridgehead atoms. The summed E-state index contributed by atoms with van der Waals surface area (Å²) in [6.07, 6.45) is -0.782. The van der Waals surface area contributed by atoms with Gasteiger partial charge in [-0.05, 0) is 50.1 Å². The van der Waals surface area contributed by atoms with Gasteiger partial charge in [-0.15, -0.1) is 0 Å². The fourth-order valence-corrected chi connectivity index (χ4v) is 2.48. The summed E-state index contributed by atoms with van der Waals surface area (Å²) < 4.78 is 16.0. The zero-order valence-corrected chi connectivity index (χ0v) is 16.1. The van der Waals surface area contributed by atoms with Crippen molar-refractivity contribution in [3.05, 3.63) is 53.1 Å². The van der Waals surface area contributed by atoms with Crippen molar-refractivity contribution in [2.24, 2.45) is 0 Å². The van der Waals surface area contributed by atoms with Gasteiger partial charge in [-0.3, -0.25) is 20.4 Å². The van der Waals surface area contributed by atoms with E-state index >= 15 is 0 Å². The molecular weight excluding hydrogens is 348 g/mol. The normalized spacial score (nSPS) is 11.3. The fourth-order valence-electron chi connectivity index (χ4n) is 2.48. The molecule has 0 heterocycles. The molecule has 2 aromatic rings. The molecule has 0 spiro atoms. The highest BCUT2D eigenvalue weighted by atomic mass is 16.5. The molecule has 144 valence electrons. The van der Waals surface area contributed by atoms with E-state index in [9.17, 15) is 9.59 Å². The van der Waals surface area contributed by atoms with E-state index < -0.39 is 17.9 Å². The molecule has 0 aromatic heterocycles. The van der Waals surface area contributed by atoms with E-state index in [1.54, 1.807) is 19.1 Å². The second kappa shape index (κ2) is 8.93. The lowest BCUT2D eigenvalue weighted by Crippen LogP contribution is -2.47. The van der Waals surface area contributed by atoms with Crippen LogP contribution in [0.15, 0.2) is 36.4 Å². The lowest BCUT2D eigenvalue weighted by Gasteiger charge is -2.18. The molecule has 1 atom stereocenters. The summed E-state index contributed by atoms with van der Waals surface area (Å²) in [7, 11) is 2.99. The van der Waals surface area contributed by atoms with Crippen LogP contribution >= 0.6 is 0 Å². The second-order valence-corrected chi connectivity index (χ2v) is 5.99. The third-order valence-electron chi connectivity index (χ3n) is 4.02. The van der Waals surface area contributed by atoms with Gasteiger partial charge >= 0.3 is 0 Å². The summed E-state index contributed by atoms with van der Waals surface area (Å²) in [6.45, 7) is 5.43. The zero-order chi connectivity index (χ0) is 20.0. The number of benzene rings is 2. The van der Waals surface area contributed by atoms with Gasteiger partial charge in [0.1, 0.15) is 5.75 Å². The first-order valence-electron chi connectivity index (χ1n) is 8.42. The molecule has 0 saturated carbocycles. The van der Waals surface area contributed by atoms with Gasteiger partial charge < -0.3 is 14.2 Å². The van der Waals surface area contributed by atoms with Crippen LogP contribution in [0, 0.1) is 13.8 Å². The third-order valence-corrected chi connectivity index (χ3v) is 4.02. The molecule has 0 aliphatic rings. The summed E-state index contributed by atoms with van der Waals surface area (Å²) >= 11 is 0. The predicted octanol–water partition coefficient (Wildman–Crippen LogP) is 2.55. The van der Waals surface area contributed by atoms with Crippen LogP contribution in [-0.4, -0.2) is 32.1 Å². The number of hydrazine groups is 1. The Morgan fingerprint density at radius 3 is 2.15 bits per heavy atom. The topological polar surface area (TPSA) is 85.9 Å². The lowest BCUT2D eigenvalue weighted by atomic mass is 10.1. The number of aryl methyl sites for hydroxylation is 2. The van der Waals surface area contributed by atoms with E-state index in [-0.39, 0.29) is 0 Å². The van der Waals surface area contributed by atoms with Crippen LogP contribution in [0.5, 0.6) is 17.2 Å². The summed E-state index contributed by atoms with van der Waals surface area (Å²) in [6, 6.07) is 10.4. The molecule has 0 radical (unpaired) electrons. The first kappa shape index (κ1) is 20.1. The van der Waals surface area contributed by atoms with E-state index in [0.717, 1.165) is 11.1 Å². The highest BCUT2D eigenvalue weighted by Gasteiger charge is 2.18. The van der Waals surface area contributed by atoms with Crippen LogP contribution in [0.1, 0.15) is 28.4 Å². The maximum Gasteiger partial charge on any atom is 0.279 e. The van der Waals surface area contributed by atoms with Crippen molar-refractivity contribution in [1.82, 2.24) is 10.9 Å². The first-order valence-corrected chi connectivity index (χ1v) is 8.42. The highest BCUT2D eigenvalue weighted by Crippen LogP contribution is 2.27. The Bertz CT molecular complexity index is 815. The van der Waals surface area contributed by atoms with Gasteiger partial charge in [0.15, 0.2) is 17.6 Å². The molecule has 0 fully saturated rings. The van der Waals surface area contributed by atoms with Crippen molar-refractivity contribution in [2.45, 2.75) is 26.9 Å². The molecule has 0 aliphatic heterocycles. The summed E-state index contributed by atoms with van der Waals surface area (Å²) in [4.78, 5) is 24.5. The number of amides is 2. The van der Waals surface area contributed by atoms with E-state index in [0.29, 0.717) is 22.8 Å². The standard InChI is InChI=1S/C20H24N2O5/c1-12-7-6-8-13(2)18(12)27-14(3)19(23)21-22-20(24)15-9-10-16(25-4)17(11-15)26-5/h6-11,14H,1-5H3,(H,21,23)(H,22,24). The maximum atomic E-state index is 12.2. The molecule has 0 saturated heterocycles. The Morgan fingerprint density at radius 1 is 0.926 bits per heavy atom. The largest absolute Gasteiger partial charge is 0.493 e. The Balaban J connectivity index is 1.97. The van der Waals surface area contributed by atoms with E-state index in [4.69, 9.17) is 14.2 Å². The van der Waals surface area contributed by atoms with Gasteiger partial charge in [0.2, 0.25) is 0 Å². The summed E-state index contributed by atoms with van der Waals surface area (Å²) in [5.41, 5.74) is 6.92. The first-order chi connectivity index (χ1) is 12.9. The quantitative estimate of drug-likeness (QED) is 0.761. The van der Waals surface area contributed by atoms with Gasteiger partial charge in [-0.1, -0.05) is 18.2 Å². The smallest absolute Gasteiger partial charge is 0.279 e. The number of hydrogen-bond acceptors (Lipinski definition) is 5. The van der Waals surface area contributed by atoms with Gasteiger partial charge in [0.05, 0.1) is 14.2 Å². The number of nitrogens with one attached hydrogen (secondary N) is 2. The Morgan fingerprint density at radius 2 is 1.56 bits per heavy atom. The number of rotatable bonds is 6. The molecule has 7 heteroatoms. The Labute approximate surface area is 158 Å². The van der Waals surface area contributed by atoms with Crippen LogP contribution in [0.2, 0.25) is 0 Å². The Kier molecular flexibility index (Phi) is 6.65. The minimum Gasteiger partial charge on any atom is -0.493 e. The highest BCUT2D eigenvalue weighted by molar-refractivity contribution is 5.96. The van der Waals surface area contributed by atoms with E-state index in [1.807, 2.05) is 32.0 Å². The number of carbonyl (C=O) groups excluding carboxylic acids is 2. The average Bonchev–Trinajstić information content (AvgIpc) is 2.67. The number of methoxy groups -OCH3 is 2. The van der Waals surface area contributed by atoms with Gasteiger partial charge in [-0.2, -0.15) is 0 Å². The van der Waals surface area contributed by atoms with Crippen molar-refractivity contribution >= 4 is 11.8 Å². The molecule has 1 unspecified atom stereocenters. The van der Waals surface area contributed by atoms with Crippen LogP contribution < -0.4 is 25.1 Å². The average molecular weight is 372 g/mol. The molecule has 2 rings (SSSR count). The third kappa shape index (κ3) is 4.91. The van der Waals surface area contributed by atoms with Crippen molar-refractivity contribution in [1.29, 1.82) is 0 Å². The molecule has 0 aliphatic carbocycles. The van der Waals surface area contributed by atoms with Gasteiger partial charge in [0, 0.05) is 5.56 Å². The fraction of sp³-hybridized carbons (Fsp3) is 0.300. The minimum absolute atomic E-state index is 0.316. The zero-order valence-electron chi connectivity index (χ0n) is 16.1. The molecule has 2 N–H and O–H groups in total. The minimum atomic E-state index is -0.782. The van der Waals surface area contributed by atoms with Crippen molar-refractivity contribution < 1.29 is 23.8 Å². The van der Waals surface area contributed by atoms with Crippen molar-refractivity contribution in [3.63, 3.8) is 0 Å². The van der Waals surface area contributed by atoms with E-state index in [1.165, 1.54) is 20.3 Å². The van der Waals surface area contributed by atoms with Crippen LogP contribution in [-0.2, 0) is 4.79 Å². The van der Waals surface area contributed by atoms with Gasteiger partial charge in [-0.25, -0.2) is 0 Å². The molecule has 7 nitrogen and oxygen atoms in total.